The van der Waals surface area contributed by atoms with E-state index in [1.807, 2.05) is 38.1 Å². The molecule has 1 aromatic rings. The van der Waals surface area contributed by atoms with Gasteiger partial charge in [0.2, 0.25) is 12.3 Å². The van der Waals surface area contributed by atoms with E-state index >= 15 is 0 Å². The Bertz CT molecular complexity index is 445. The van der Waals surface area contributed by atoms with Gasteiger partial charge in [0.1, 0.15) is 0 Å². The number of rotatable bonds is 9. The Balaban J connectivity index is 2.47. The van der Waals surface area contributed by atoms with Gasteiger partial charge in [0, 0.05) is 13.5 Å². The van der Waals surface area contributed by atoms with Gasteiger partial charge in [-0.2, -0.15) is 0 Å². The van der Waals surface area contributed by atoms with Crippen LogP contribution in [0.5, 0.6) is 0 Å². The zero-order valence-corrected chi connectivity index (χ0v) is 12.9. The number of benzene rings is 1. The molecule has 0 heterocycles. The van der Waals surface area contributed by atoms with Crippen LogP contribution in [-0.2, 0) is 20.9 Å². The molecule has 21 heavy (non-hydrogen) atoms. The largest absolute Gasteiger partial charge is 0.372 e. The minimum atomic E-state index is -0.176. The number of nitrogens with one attached hydrogen (secondary N) is 2. The van der Waals surface area contributed by atoms with E-state index < -0.39 is 0 Å². The first-order chi connectivity index (χ1) is 10.1. The molecule has 2 atom stereocenters. The van der Waals surface area contributed by atoms with Crippen molar-refractivity contribution in [2.45, 2.75) is 45.4 Å². The summed E-state index contributed by atoms with van der Waals surface area (Å²) < 4.78 is 5.80. The first-order valence-corrected chi connectivity index (χ1v) is 7.14. The quantitative estimate of drug-likeness (QED) is 0.678. The van der Waals surface area contributed by atoms with Crippen molar-refractivity contribution in [3.63, 3.8) is 0 Å². The molecule has 0 aliphatic carbocycles. The Kier molecular flexibility index (Phi) is 7.46. The average molecular weight is 292 g/mol. The third kappa shape index (κ3) is 6.40. The number of aryl methyl sites for hydroxylation is 1. The van der Waals surface area contributed by atoms with E-state index in [2.05, 4.69) is 10.6 Å². The summed E-state index contributed by atoms with van der Waals surface area (Å²) in [6, 6.07) is 7.95. The number of ether oxygens (including phenoxy) is 1. The zero-order chi connectivity index (χ0) is 15.7. The fraction of sp³-hybridized carbons (Fsp3) is 0.500. The number of carbonyl (C=O) groups is 2. The number of hydrogen-bond acceptors (Lipinski definition) is 3. The monoisotopic (exact) mass is 292 g/mol. The van der Waals surface area contributed by atoms with E-state index in [0.29, 0.717) is 25.9 Å². The minimum absolute atomic E-state index is 0.0431. The Morgan fingerprint density at radius 1 is 1.33 bits per heavy atom. The molecule has 0 bridgehead atoms. The summed E-state index contributed by atoms with van der Waals surface area (Å²) in [7, 11) is 1.60. The van der Waals surface area contributed by atoms with Gasteiger partial charge >= 0.3 is 0 Å². The molecular weight excluding hydrogens is 268 g/mol. The lowest BCUT2D eigenvalue weighted by molar-refractivity contribution is -0.121. The van der Waals surface area contributed by atoms with Gasteiger partial charge in [-0.25, -0.2) is 0 Å². The number of amides is 2. The normalized spacial score (nSPS) is 13.3. The molecule has 5 heteroatoms. The van der Waals surface area contributed by atoms with Gasteiger partial charge in [0.05, 0.1) is 18.8 Å². The van der Waals surface area contributed by atoms with Crippen LogP contribution in [0.2, 0.25) is 0 Å². The third-order valence-electron chi connectivity index (χ3n) is 3.44. The Morgan fingerprint density at radius 3 is 2.57 bits per heavy atom. The predicted octanol–water partition coefficient (Wildman–Crippen LogP) is 1.54. The van der Waals surface area contributed by atoms with Crippen LogP contribution in [0.1, 0.15) is 30.9 Å². The highest BCUT2D eigenvalue weighted by molar-refractivity contribution is 5.75. The maximum atomic E-state index is 11.3. The summed E-state index contributed by atoms with van der Waals surface area (Å²) in [6.07, 6.45) is 1.40. The van der Waals surface area contributed by atoms with Crippen LogP contribution in [0.3, 0.4) is 0 Å². The molecule has 0 saturated heterocycles. The van der Waals surface area contributed by atoms with Crippen molar-refractivity contribution in [1.29, 1.82) is 0 Å². The van der Waals surface area contributed by atoms with Gasteiger partial charge in [-0.3, -0.25) is 9.59 Å². The fourth-order valence-corrected chi connectivity index (χ4v) is 1.98. The van der Waals surface area contributed by atoms with Gasteiger partial charge in [-0.15, -0.1) is 0 Å². The van der Waals surface area contributed by atoms with Gasteiger partial charge in [-0.1, -0.05) is 29.8 Å². The van der Waals surface area contributed by atoms with E-state index in [4.69, 9.17) is 4.74 Å². The molecule has 0 spiro atoms. The van der Waals surface area contributed by atoms with Crippen LogP contribution >= 0.6 is 0 Å². The van der Waals surface area contributed by atoms with Crippen molar-refractivity contribution in [2.24, 2.45) is 0 Å². The van der Waals surface area contributed by atoms with Crippen molar-refractivity contribution in [1.82, 2.24) is 10.6 Å². The molecule has 0 radical (unpaired) electrons. The highest BCUT2D eigenvalue weighted by Crippen LogP contribution is 2.10. The van der Waals surface area contributed by atoms with E-state index in [1.54, 1.807) is 7.05 Å². The maximum absolute atomic E-state index is 11.3. The van der Waals surface area contributed by atoms with Gasteiger partial charge in [0.25, 0.3) is 0 Å². The molecule has 0 aromatic heterocycles. The van der Waals surface area contributed by atoms with E-state index in [1.165, 1.54) is 5.56 Å². The summed E-state index contributed by atoms with van der Waals surface area (Å²) >= 11 is 0. The van der Waals surface area contributed by atoms with Gasteiger partial charge in [-0.05, 0) is 25.8 Å². The van der Waals surface area contributed by atoms with Gasteiger partial charge in [0.15, 0.2) is 0 Å². The van der Waals surface area contributed by atoms with E-state index in [0.717, 1.165) is 5.56 Å². The lowest BCUT2D eigenvalue weighted by atomic mass is 10.1. The van der Waals surface area contributed by atoms with E-state index in [-0.39, 0.29) is 18.1 Å². The number of carbonyl (C=O) groups excluding carboxylic acids is 2. The molecule has 0 saturated carbocycles. The van der Waals surface area contributed by atoms with Crippen molar-refractivity contribution >= 4 is 12.3 Å². The lowest BCUT2D eigenvalue weighted by Gasteiger charge is -2.23. The molecule has 0 aliphatic rings. The van der Waals surface area contributed by atoms with E-state index in [9.17, 15) is 9.59 Å². The molecule has 0 aliphatic heterocycles. The average Bonchev–Trinajstić information content (AvgIpc) is 2.50. The summed E-state index contributed by atoms with van der Waals surface area (Å²) in [5.41, 5.74) is 2.29. The minimum Gasteiger partial charge on any atom is -0.372 e. The second kappa shape index (κ2) is 9.13. The molecular formula is C16H24N2O3. The Hall–Kier alpha value is -1.88. The standard InChI is InChI=1S/C16H24N2O3/c1-12-4-6-14(7-5-12)10-21-13(2)15(18-11-19)8-9-16(20)17-3/h4-7,11,13,15H,8-10H2,1-3H3,(H,17,20)(H,18,19)/t13-,15+/m1/s1. The summed E-state index contributed by atoms with van der Waals surface area (Å²) in [5.74, 6) is -0.0431. The topological polar surface area (TPSA) is 67.4 Å². The van der Waals surface area contributed by atoms with Crippen LogP contribution in [0.4, 0.5) is 0 Å². The predicted molar refractivity (Wildman–Crippen MR) is 81.7 cm³/mol. The highest BCUT2D eigenvalue weighted by Gasteiger charge is 2.18. The van der Waals surface area contributed by atoms with Crippen molar-refractivity contribution < 1.29 is 14.3 Å². The van der Waals surface area contributed by atoms with Gasteiger partial charge < -0.3 is 15.4 Å². The Morgan fingerprint density at radius 2 is 2.00 bits per heavy atom. The SMILES string of the molecule is CNC(=O)CC[C@H](NC=O)[C@@H](C)OCc1ccc(C)cc1. The lowest BCUT2D eigenvalue weighted by Crippen LogP contribution is -2.40. The first kappa shape index (κ1) is 17.2. The molecule has 2 amide bonds. The summed E-state index contributed by atoms with van der Waals surface area (Å²) in [5, 5.41) is 5.29. The van der Waals surface area contributed by atoms with Crippen molar-refractivity contribution in [3.8, 4) is 0 Å². The third-order valence-corrected chi connectivity index (χ3v) is 3.44. The second-order valence-corrected chi connectivity index (χ2v) is 5.10. The maximum Gasteiger partial charge on any atom is 0.219 e. The molecule has 5 nitrogen and oxygen atoms in total. The molecule has 0 fully saturated rings. The van der Waals surface area contributed by atoms with Crippen molar-refractivity contribution in [2.75, 3.05) is 7.05 Å². The van der Waals surface area contributed by atoms with Crippen LogP contribution in [-0.4, -0.2) is 31.5 Å². The molecule has 0 unspecified atom stereocenters. The second-order valence-electron chi connectivity index (χ2n) is 5.10. The fourth-order valence-electron chi connectivity index (χ4n) is 1.98. The molecule has 1 rings (SSSR count). The van der Waals surface area contributed by atoms with Crippen LogP contribution in [0.25, 0.3) is 0 Å². The molecule has 2 N–H and O–H groups in total. The molecule has 1 aromatic carbocycles. The number of hydrogen-bond donors (Lipinski definition) is 2. The van der Waals surface area contributed by atoms with Crippen LogP contribution in [0.15, 0.2) is 24.3 Å². The highest BCUT2D eigenvalue weighted by atomic mass is 16.5. The summed E-state index contributed by atoms with van der Waals surface area (Å²) in [6.45, 7) is 4.42. The van der Waals surface area contributed by atoms with Crippen LogP contribution in [0, 0.1) is 6.92 Å². The van der Waals surface area contributed by atoms with Crippen molar-refractivity contribution in [3.05, 3.63) is 35.4 Å². The summed E-state index contributed by atoms with van der Waals surface area (Å²) in [4.78, 5) is 22.0. The smallest absolute Gasteiger partial charge is 0.219 e. The zero-order valence-electron chi connectivity index (χ0n) is 12.9. The molecule has 116 valence electrons. The first-order valence-electron chi connectivity index (χ1n) is 7.14. The Labute approximate surface area is 126 Å². The van der Waals surface area contributed by atoms with Crippen LogP contribution < -0.4 is 10.6 Å².